The Balaban J connectivity index is 1.56. The molecule has 0 aromatic carbocycles. The molecule has 150 valence electrons. The molecule has 1 saturated heterocycles. The van der Waals surface area contributed by atoms with E-state index in [4.69, 9.17) is 17.0 Å². The number of piperazine rings is 1. The Bertz CT molecular complexity index is 911. The summed E-state index contributed by atoms with van der Waals surface area (Å²) in [6.45, 7) is 2.49. The number of carbonyl (C=O) groups excluding carboxylic acids is 2. The normalized spacial score (nSPS) is 14.6. The summed E-state index contributed by atoms with van der Waals surface area (Å²) in [5.74, 6) is -0.222. The van der Waals surface area contributed by atoms with Gasteiger partial charge in [0.05, 0.1) is 11.4 Å². The molecule has 0 saturated carbocycles. The maximum atomic E-state index is 12.4. The standard InChI is InChI=1S/C19H19ClN6O3/c20-26(29)18(28)8-6-16-4-1-3-15(23-16)5-7-17(27)24-11-13-25(14-12-24)19-21-9-2-10-22-19/h1-10,29H,11-14H2/b7-5+,8-6+. The molecule has 0 radical (unpaired) electrons. The molecule has 0 bridgehead atoms. The van der Waals surface area contributed by atoms with Crippen molar-refractivity contribution in [3.63, 3.8) is 0 Å². The van der Waals surface area contributed by atoms with Gasteiger partial charge in [-0.15, -0.1) is 4.58 Å². The summed E-state index contributed by atoms with van der Waals surface area (Å²) in [5.41, 5.74) is 1.05. The van der Waals surface area contributed by atoms with Crippen LogP contribution in [0.3, 0.4) is 0 Å². The molecule has 1 aliphatic heterocycles. The molecule has 2 amide bonds. The Morgan fingerprint density at radius 2 is 1.62 bits per heavy atom. The Morgan fingerprint density at radius 3 is 2.24 bits per heavy atom. The summed E-state index contributed by atoms with van der Waals surface area (Å²) in [7, 11) is 0. The second-order valence-electron chi connectivity index (χ2n) is 6.11. The van der Waals surface area contributed by atoms with Gasteiger partial charge in [0, 0.05) is 62.5 Å². The summed E-state index contributed by atoms with van der Waals surface area (Å²) in [5, 5.41) is 8.82. The lowest BCUT2D eigenvalue weighted by molar-refractivity contribution is -0.140. The minimum Gasteiger partial charge on any atom is -0.337 e. The molecule has 10 heteroatoms. The molecule has 2 aromatic rings. The van der Waals surface area contributed by atoms with E-state index in [9.17, 15) is 9.59 Å². The van der Waals surface area contributed by atoms with Crippen LogP contribution < -0.4 is 4.90 Å². The number of carbonyl (C=O) groups is 2. The molecule has 0 spiro atoms. The number of nitrogens with zero attached hydrogens (tertiary/aromatic N) is 6. The fraction of sp³-hybridized carbons (Fsp3) is 0.211. The van der Waals surface area contributed by atoms with E-state index in [1.165, 1.54) is 12.2 Å². The van der Waals surface area contributed by atoms with Crippen molar-refractivity contribution >= 4 is 41.7 Å². The van der Waals surface area contributed by atoms with Crippen molar-refractivity contribution in [2.75, 3.05) is 31.1 Å². The minimum atomic E-state index is -0.787. The lowest BCUT2D eigenvalue weighted by Gasteiger charge is -2.34. The quantitative estimate of drug-likeness (QED) is 0.343. The summed E-state index contributed by atoms with van der Waals surface area (Å²) in [6, 6.07) is 6.94. The van der Waals surface area contributed by atoms with Gasteiger partial charge in [0.25, 0.3) is 5.91 Å². The molecule has 1 aliphatic rings. The third kappa shape index (κ3) is 5.84. The predicted molar refractivity (Wildman–Crippen MR) is 108 cm³/mol. The molecular weight excluding hydrogens is 396 g/mol. The monoisotopic (exact) mass is 414 g/mol. The van der Waals surface area contributed by atoms with Gasteiger partial charge in [-0.3, -0.25) is 14.8 Å². The van der Waals surface area contributed by atoms with Crippen LogP contribution in [-0.4, -0.2) is 67.6 Å². The number of amides is 2. The molecule has 0 aliphatic carbocycles. The third-order valence-electron chi connectivity index (χ3n) is 4.19. The van der Waals surface area contributed by atoms with Gasteiger partial charge in [0.1, 0.15) is 0 Å². The number of hydrogen-bond donors (Lipinski definition) is 1. The lowest BCUT2D eigenvalue weighted by atomic mass is 10.2. The van der Waals surface area contributed by atoms with Crippen molar-refractivity contribution < 1.29 is 14.8 Å². The topological polar surface area (TPSA) is 103 Å². The van der Waals surface area contributed by atoms with Gasteiger partial charge < -0.3 is 9.80 Å². The van der Waals surface area contributed by atoms with Gasteiger partial charge in [-0.1, -0.05) is 6.07 Å². The molecule has 9 nitrogen and oxygen atoms in total. The predicted octanol–water partition coefficient (Wildman–Crippen LogP) is 1.62. The number of pyridine rings is 1. The Morgan fingerprint density at radius 1 is 1.00 bits per heavy atom. The molecule has 29 heavy (non-hydrogen) atoms. The van der Waals surface area contributed by atoms with Gasteiger partial charge >= 0.3 is 0 Å². The van der Waals surface area contributed by atoms with Gasteiger partial charge in [-0.25, -0.2) is 15.0 Å². The van der Waals surface area contributed by atoms with Crippen molar-refractivity contribution in [1.29, 1.82) is 0 Å². The zero-order valence-electron chi connectivity index (χ0n) is 15.4. The number of halogens is 1. The van der Waals surface area contributed by atoms with Gasteiger partial charge in [-0.2, -0.15) is 0 Å². The average molecular weight is 415 g/mol. The summed E-state index contributed by atoms with van der Waals surface area (Å²) >= 11 is 5.13. The van der Waals surface area contributed by atoms with Crippen LogP contribution in [-0.2, 0) is 9.59 Å². The summed E-state index contributed by atoms with van der Waals surface area (Å²) in [6.07, 6.45) is 8.99. The maximum Gasteiger partial charge on any atom is 0.285 e. The molecule has 3 rings (SSSR count). The van der Waals surface area contributed by atoms with Gasteiger partial charge in [-0.05, 0) is 30.4 Å². The van der Waals surface area contributed by atoms with E-state index in [0.29, 0.717) is 43.5 Å². The first-order valence-electron chi connectivity index (χ1n) is 8.86. The first-order valence-corrected chi connectivity index (χ1v) is 9.19. The average Bonchev–Trinajstić information content (AvgIpc) is 2.76. The van der Waals surface area contributed by atoms with E-state index >= 15 is 0 Å². The zero-order valence-corrected chi connectivity index (χ0v) is 16.2. The van der Waals surface area contributed by atoms with Crippen molar-refractivity contribution in [3.8, 4) is 0 Å². The van der Waals surface area contributed by atoms with Gasteiger partial charge in [0.2, 0.25) is 11.9 Å². The molecule has 1 N–H and O–H groups in total. The Hall–Kier alpha value is -3.30. The summed E-state index contributed by atoms with van der Waals surface area (Å²) in [4.78, 5) is 40.3. The van der Waals surface area contributed by atoms with Crippen LogP contribution in [0.25, 0.3) is 12.2 Å². The van der Waals surface area contributed by atoms with Crippen LogP contribution in [0.4, 0.5) is 5.95 Å². The lowest BCUT2D eigenvalue weighted by Crippen LogP contribution is -2.48. The highest BCUT2D eigenvalue weighted by Gasteiger charge is 2.20. The van der Waals surface area contributed by atoms with Crippen LogP contribution >= 0.6 is 11.8 Å². The van der Waals surface area contributed by atoms with Crippen LogP contribution in [0.15, 0.2) is 48.8 Å². The SMILES string of the molecule is O=C(/C=C/c1cccc(/C=C/C(=O)N2CCN(c3ncccn3)CC2)n1)N(O)Cl. The smallest absolute Gasteiger partial charge is 0.285 e. The molecule has 3 heterocycles. The van der Waals surface area contributed by atoms with Crippen LogP contribution in [0.5, 0.6) is 0 Å². The van der Waals surface area contributed by atoms with Crippen LogP contribution in [0.2, 0.25) is 0 Å². The van der Waals surface area contributed by atoms with Gasteiger partial charge in [0.15, 0.2) is 0 Å². The Kier molecular flexibility index (Phi) is 6.88. The molecule has 0 unspecified atom stereocenters. The second kappa shape index (κ2) is 9.76. The number of hydrogen-bond acceptors (Lipinski definition) is 7. The third-order valence-corrected chi connectivity index (χ3v) is 4.36. The van der Waals surface area contributed by atoms with Crippen LogP contribution in [0.1, 0.15) is 11.4 Å². The van der Waals surface area contributed by atoms with Crippen molar-refractivity contribution in [2.24, 2.45) is 0 Å². The fourth-order valence-corrected chi connectivity index (χ4v) is 2.77. The number of rotatable bonds is 5. The first kappa shape index (κ1) is 20.4. The number of aromatic nitrogens is 3. The molecule has 2 aromatic heterocycles. The minimum absolute atomic E-state index is 0.0391. The number of anilines is 1. The fourth-order valence-electron chi connectivity index (χ4n) is 2.72. The Labute approximate surface area is 172 Å². The highest BCUT2D eigenvalue weighted by Crippen LogP contribution is 2.11. The van der Waals surface area contributed by atoms with E-state index in [1.807, 2.05) is 4.90 Å². The van der Waals surface area contributed by atoms with E-state index in [0.717, 1.165) is 6.08 Å². The molecule has 1 fully saturated rings. The van der Waals surface area contributed by atoms with E-state index in [-0.39, 0.29) is 10.5 Å². The second-order valence-corrected chi connectivity index (χ2v) is 6.43. The van der Waals surface area contributed by atoms with Crippen molar-refractivity contribution in [3.05, 3.63) is 60.2 Å². The van der Waals surface area contributed by atoms with E-state index in [2.05, 4.69) is 15.0 Å². The number of hydroxylamine groups is 1. The van der Waals surface area contributed by atoms with Crippen molar-refractivity contribution in [1.82, 2.24) is 24.4 Å². The van der Waals surface area contributed by atoms with E-state index < -0.39 is 5.91 Å². The highest BCUT2D eigenvalue weighted by molar-refractivity contribution is 6.22. The maximum absolute atomic E-state index is 12.4. The zero-order chi connectivity index (χ0) is 20.6. The van der Waals surface area contributed by atoms with E-state index in [1.54, 1.807) is 47.6 Å². The van der Waals surface area contributed by atoms with Crippen molar-refractivity contribution in [2.45, 2.75) is 0 Å². The molecular formula is C19H19ClN6O3. The molecule has 0 atom stereocenters. The first-order chi connectivity index (χ1) is 14.0. The summed E-state index contributed by atoms with van der Waals surface area (Å²) < 4.78 is -0.0391. The van der Waals surface area contributed by atoms with Crippen LogP contribution in [0, 0.1) is 0 Å². The highest BCUT2D eigenvalue weighted by atomic mass is 35.5. The largest absolute Gasteiger partial charge is 0.337 e.